The number of nitrogens with zero attached hydrogens (tertiary/aromatic N) is 2. The summed E-state index contributed by atoms with van der Waals surface area (Å²) < 4.78 is 42.8. The minimum atomic E-state index is -4.37. The third kappa shape index (κ3) is 7.21. The molecule has 0 unspecified atom stereocenters. The number of benzene rings is 1. The third-order valence-corrected chi connectivity index (χ3v) is 4.53. The summed E-state index contributed by atoms with van der Waals surface area (Å²) in [7, 11) is 0. The van der Waals surface area contributed by atoms with Gasteiger partial charge in [-0.1, -0.05) is 18.6 Å². The molecule has 0 aromatic heterocycles. The van der Waals surface area contributed by atoms with Crippen LogP contribution in [0.4, 0.5) is 18.0 Å². The van der Waals surface area contributed by atoms with E-state index in [1.54, 1.807) is 4.90 Å². The lowest BCUT2D eigenvalue weighted by Crippen LogP contribution is -2.48. The second-order valence-electron chi connectivity index (χ2n) is 6.53. The van der Waals surface area contributed by atoms with Gasteiger partial charge in [-0.15, -0.1) is 0 Å². The number of alkyl halides is 3. The normalized spacial score (nSPS) is 15.6. The lowest BCUT2D eigenvalue weighted by molar-refractivity contribution is -0.137. The van der Waals surface area contributed by atoms with E-state index >= 15 is 0 Å². The maximum Gasteiger partial charge on any atom is 0.416 e. The number of carbonyl (C=O) groups excluding carboxylic acids is 2. The first-order valence-corrected chi connectivity index (χ1v) is 9.05. The zero-order valence-corrected chi connectivity index (χ0v) is 15.1. The first kappa shape index (κ1) is 21.2. The summed E-state index contributed by atoms with van der Waals surface area (Å²) in [6, 6.07) is 4.59. The van der Waals surface area contributed by atoms with Crippen LogP contribution in [0.25, 0.3) is 0 Å². The molecule has 5 nitrogen and oxygen atoms in total. The van der Waals surface area contributed by atoms with Gasteiger partial charge in [0.2, 0.25) is 0 Å². The molecule has 1 aliphatic rings. The molecule has 1 aliphatic heterocycles. The van der Waals surface area contributed by atoms with Gasteiger partial charge >= 0.3 is 12.3 Å². The average molecular weight is 385 g/mol. The van der Waals surface area contributed by atoms with Crippen LogP contribution < -0.4 is 0 Å². The van der Waals surface area contributed by atoms with E-state index < -0.39 is 17.8 Å². The summed E-state index contributed by atoms with van der Waals surface area (Å²) in [5.41, 5.74) is -0.208. The predicted octanol–water partition coefficient (Wildman–Crippen LogP) is 3.63. The van der Waals surface area contributed by atoms with Crippen LogP contribution in [-0.2, 0) is 22.3 Å². The van der Waals surface area contributed by atoms with Crippen LogP contribution in [0, 0.1) is 0 Å². The fourth-order valence-corrected chi connectivity index (χ4v) is 2.89. The Labute approximate surface area is 157 Å². The second kappa shape index (κ2) is 10.3. The van der Waals surface area contributed by atoms with Crippen molar-refractivity contribution < 1.29 is 27.5 Å². The van der Waals surface area contributed by atoms with E-state index in [2.05, 4.69) is 4.90 Å². The number of hydrogen-bond acceptors (Lipinski definition) is 4. The van der Waals surface area contributed by atoms with Crippen molar-refractivity contribution in [2.45, 2.75) is 38.5 Å². The van der Waals surface area contributed by atoms with E-state index in [4.69, 9.17) is 4.74 Å². The van der Waals surface area contributed by atoms with Crippen LogP contribution >= 0.6 is 0 Å². The monoisotopic (exact) mass is 385 g/mol. The Kier molecular flexibility index (Phi) is 8.09. The summed E-state index contributed by atoms with van der Waals surface area (Å²) >= 11 is 0. The van der Waals surface area contributed by atoms with Gasteiger partial charge < -0.3 is 9.64 Å². The fraction of sp³-hybridized carbons (Fsp3) is 0.579. The van der Waals surface area contributed by atoms with E-state index in [1.807, 2.05) is 6.29 Å². The lowest BCUT2D eigenvalue weighted by atomic mass is 10.1. The molecule has 1 heterocycles. The van der Waals surface area contributed by atoms with Gasteiger partial charge in [0.15, 0.2) is 6.29 Å². The summed E-state index contributed by atoms with van der Waals surface area (Å²) in [6.07, 6.45) is 0.415. The zero-order valence-electron chi connectivity index (χ0n) is 15.1. The fourth-order valence-electron chi connectivity index (χ4n) is 2.89. The summed E-state index contributed by atoms with van der Waals surface area (Å²) in [5.74, 6) is 0. The summed E-state index contributed by atoms with van der Waals surface area (Å²) in [4.78, 5) is 26.1. The Bertz CT molecular complexity index is 597. The van der Waals surface area contributed by atoms with Gasteiger partial charge in [0.05, 0.1) is 5.56 Å². The van der Waals surface area contributed by atoms with E-state index in [1.165, 1.54) is 12.1 Å². The number of rotatable bonds is 8. The molecular weight excluding hydrogens is 361 g/mol. The van der Waals surface area contributed by atoms with Crippen LogP contribution in [0.15, 0.2) is 24.3 Å². The highest BCUT2D eigenvalue weighted by Crippen LogP contribution is 2.29. The quantitative estimate of drug-likeness (QED) is 0.642. The van der Waals surface area contributed by atoms with Gasteiger partial charge in [0.1, 0.15) is 6.61 Å². The number of unbranched alkanes of at least 4 members (excludes halogenated alkanes) is 3. The van der Waals surface area contributed by atoms with Gasteiger partial charge in [0, 0.05) is 32.6 Å². The molecule has 0 aliphatic carbocycles. The van der Waals surface area contributed by atoms with Gasteiger partial charge in [0.25, 0.3) is 0 Å². The second-order valence-corrected chi connectivity index (χ2v) is 6.53. The molecular formula is C19H24F3N2O3. The highest BCUT2D eigenvalue weighted by Gasteiger charge is 2.30. The molecule has 1 amide bonds. The van der Waals surface area contributed by atoms with Crippen LogP contribution in [0.5, 0.6) is 0 Å². The Morgan fingerprint density at radius 3 is 2.30 bits per heavy atom. The molecule has 27 heavy (non-hydrogen) atoms. The van der Waals surface area contributed by atoms with Crippen molar-refractivity contribution in [2.24, 2.45) is 0 Å². The minimum Gasteiger partial charge on any atom is -0.445 e. The number of carbonyl (C=O) groups is 1. The molecule has 149 valence electrons. The Morgan fingerprint density at radius 1 is 1.04 bits per heavy atom. The van der Waals surface area contributed by atoms with Crippen molar-refractivity contribution in [2.75, 3.05) is 32.7 Å². The highest BCUT2D eigenvalue weighted by atomic mass is 19.4. The molecule has 1 fully saturated rings. The SMILES string of the molecule is O=[C]CCCCCN1CCN(C(=O)OCc2ccc(C(F)(F)F)cc2)CC1. The smallest absolute Gasteiger partial charge is 0.416 e. The molecule has 1 saturated heterocycles. The van der Waals surface area contributed by atoms with Gasteiger partial charge in [-0.2, -0.15) is 13.2 Å². The number of piperazine rings is 1. The number of amides is 1. The zero-order chi connectivity index (χ0) is 19.7. The molecule has 0 saturated carbocycles. The average Bonchev–Trinajstić information content (AvgIpc) is 2.66. The molecule has 1 radical (unpaired) electrons. The van der Waals surface area contributed by atoms with Crippen molar-refractivity contribution in [1.29, 1.82) is 0 Å². The first-order valence-electron chi connectivity index (χ1n) is 9.05. The molecule has 1 aromatic carbocycles. The predicted molar refractivity (Wildman–Crippen MR) is 93.8 cm³/mol. The van der Waals surface area contributed by atoms with Gasteiger partial charge in [-0.3, -0.25) is 9.69 Å². The number of halogens is 3. The number of ether oxygens (including phenoxy) is 1. The van der Waals surface area contributed by atoms with Crippen molar-refractivity contribution in [3.63, 3.8) is 0 Å². The standard InChI is InChI=1S/C19H24F3N2O3/c20-19(21,22)17-7-5-16(6-8-17)15-27-18(26)24-12-10-23(11-13-24)9-3-1-2-4-14-25/h5-8H,1-4,9-13,15H2. The molecule has 8 heteroatoms. The van der Waals surface area contributed by atoms with E-state index in [-0.39, 0.29) is 6.61 Å². The van der Waals surface area contributed by atoms with Crippen LogP contribution in [-0.4, -0.2) is 54.9 Å². The van der Waals surface area contributed by atoms with E-state index in [0.29, 0.717) is 25.1 Å². The molecule has 1 aromatic rings. The summed E-state index contributed by atoms with van der Waals surface area (Å²) in [6.45, 7) is 3.53. The van der Waals surface area contributed by atoms with E-state index in [9.17, 15) is 22.8 Å². The van der Waals surface area contributed by atoms with Crippen LogP contribution in [0.1, 0.15) is 36.8 Å². The van der Waals surface area contributed by atoms with Crippen molar-refractivity contribution in [3.8, 4) is 0 Å². The highest BCUT2D eigenvalue weighted by molar-refractivity contribution is 5.67. The van der Waals surface area contributed by atoms with Crippen molar-refractivity contribution in [1.82, 2.24) is 9.80 Å². The third-order valence-electron chi connectivity index (χ3n) is 4.53. The Balaban J connectivity index is 1.66. The minimum absolute atomic E-state index is 0.0507. The first-order chi connectivity index (χ1) is 12.9. The van der Waals surface area contributed by atoms with Gasteiger partial charge in [-0.25, -0.2) is 4.79 Å². The maximum atomic E-state index is 12.5. The molecule has 0 spiro atoms. The van der Waals surface area contributed by atoms with Crippen molar-refractivity contribution >= 4 is 12.4 Å². The van der Waals surface area contributed by atoms with E-state index in [0.717, 1.165) is 51.0 Å². The maximum absolute atomic E-state index is 12.5. The topological polar surface area (TPSA) is 49.9 Å². The van der Waals surface area contributed by atoms with Crippen LogP contribution in [0.3, 0.4) is 0 Å². The van der Waals surface area contributed by atoms with Gasteiger partial charge in [-0.05, 0) is 37.1 Å². The summed E-state index contributed by atoms with van der Waals surface area (Å²) in [5, 5.41) is 0. The lowest BCUT2D eigenvalue weighted by Gasteiger charge is -2.34. The van der Waals surface area contributed by atoms with Crippen LogP contribution in [0.2, 0.25) is 0 Å². The molecule has 0 atom stereocenters. The number of hydrogen-bond donors (Lipinski definition) is 0. The van der Waals surface area contributed by atoms with Crippen molar-refractivity contribution in [3.05, 3.63) is 35.4 Å². The molecule has 0 bridgehead atoms. The Hall–Kier alpha value is -2.09. The molecule has 0 N–H and O–H groups in total. The molecule has 2 rings (SSSR count). The Morgan fingerprint density at radius 2 is 1.70 bits per heavy atom. The largest absolute Gasteiger partial charge is 0.445 e.